The van der Waals surface area contributed by atoms with Crippen molar-refractivity contribution in [1.29, 1.82) is 0 Å². The predicted octanol–water partition coefficient (Wildman–Crippen LogP) is 3.77. The highest BCUT2D eigenvalue weighted by Gasteiger charge is 2.29. The minimum Gasteiger partial charge on any atom is -0.300 e. The molecule has 1 aromatic carbocycles. The SMILES string of the molecule is Cc1ccc(Cn2cnc3sc4c(c3c2=O)CCC(N2CCCC2)C4)cc1. The van der Waals surface area contributed by atoms with Gasteiger partial charge in [-0.2, -0.15) is 0 Å². The van der Waals surface area contributed by atoms with Crippen LogP contribution in [0.1, 0.15) is 40.8 Å². The molecule has 0 N–H and O–H groups in total. The van der Waals surface area contributed by atoms with E-state index in [1.54, 1.807) is 22.2 Å². The van der Waals surface area contributed by atoms with Crippen LogP contribution in [0.15, 0.2) is 35.4 Å². The highest BCUT2D eigenvalue weighted by molar-refractivity contribution is 7.18. The second-order valence-electron chi connectivity index (χ2n) is 7.99. The molecule has 0 saturated carbocycles. The summed E-state index contributed by atoms with van der Waals surface area (Å²) in [5, 5.41) is 0.879. The molecule has 1 unspecified atom stereocenters. The molecular weight excluding hydrogens is 354 g/mol. The number of aryl methyl sites for hydroxylation is 2. The van der Waals surface area contributed by atoms with Crippen molar-refractivity contribution in [3.8, 4) is 0 Å². The summed E-state index contributed by atoms with van der Waals surface area (Å²) in [6.45, 7) is 5.15. The third-order valence-corrected chi connectivity index (χ3v) is 7.30. The topological polar surface area (TPSA) is 38.1 Å². The Hall–Kier alpha value is -1.98. The van der Waals surface area contributed by atoms with Crippen LogP contribution in [-0.4, -0.2) is 33.6 Å². The lowest BCUT2D eigenvalue weighted by Gasteiger charge is -2.30. The van der Waals surface area contributed by atoms with Gasteiger partial charge in [0.25, 0.3) is 5.56 Å². The molecule has 2 aliphatic rings. The average Bonchev–Trinajstić information content (AvgIpc) is 3.33. The molecule has 1 saturated heterocycles. The minimum absolute atomic E-state index is 0.123. The fraction of sp³-hybridized carbons (Fsp3) is 0.455. The van der Waals surface area contributed by atoms with Crippen LogP contribution in [0.5, 0.6) is 0 Å². The first-order chi connectivity index (χ1) is 13.2. The molecule has 1 aliphatic carbocycles. The summed E-state index contributed by atoms with van der Waals surface area (Å²) in [6, 6.07) is 9.03. The fourth-order valence-electron chi connectivity index (χ4n) is 4.60. The van der Waals surface area contributed by atoms with Crippen LogP contribution in [0.4, 0.5) is 0 Å². The van der Waals surface area contributed by atoms with Crippen molar-refractivity contribution >= 4 is 21.6 Å². The molecule has 1 fully saturated rings. The van der Waals surface area contributed by atoms with Crippen LogP contribution in [0.3, 0.4) is 0 Å². The first-order valence-electron chi connectivity index (χ1n) is 9.98. The predicted molar refractivity (Wildman–Crippen MR) is 111 cm³/mol. The third kappa shape index (κ3) is 3.13. The Morgan fingerprint density at radius 3 is 2.74 bits per heavy atom. The van der Waals surface area contributed by atoms with Gasteiger partial charge in [0, 0.05) is 10.9 Å². The molecule has 1 aliphatic heterocycles. The van der Waals surface area contributed by atoms with Crippen molar-refractivity contribution in [2.75, 3.05) is 13.1 Å². The highest BCUT2D eigenvalue weighted by Crippen LogP contribution is 2.35. The number of likely N-dealkylation sites (tertiary alicyclic amines) is 1. The molecular formula is C22H25N3OS. The van der Waals surface area contributed by atoms with E-state index >= 15 is 0 Å². The summed E-state index contributed by atoms with van der Waals surface area (Å²) >= 11 is 1.74. The highest BCUT2D eigenvalue weighted by atomic mass is 32.1. The lowest BCUT2D eigenvalue weighted by atomic mass is 9.92. The monoisotopic (exact) mass is 379 g/mol. The standard InChI is InChI=1S/C22H25N3OS/c1-15-4-6-16(7-5-15)13-25-14-23-21-20(22(25)26)18-9-8-17(12-19(18)27-21)24-10-2-3-11-24/h4-7,14,17H,2-3,8-13H2,1H3. The molecule has 3 heterocycles. The maximum atomic E-state index is 13.2. The van der Waals surface area contributed by atoms with Gasteiger partial charge in [-0.3, -0.25) is 9.36 Å². The minimum atomic E-state index is 0.123. The molecule has 0 bridgehead atoms. The Kier molecular flexibility index (Phi) is 4.37. The maximum absolute atomic E-state index is 13.2. The number of fused-ring (bicyclic) bond motifs is 3. The molecule has 0 amide bonds. The molecule has 5 rings (SSSR count). The Bertz CT molecular complexity index is 1030. The molecule has 0 spiro atoms. The van der Waals surface area contributed by atoms with Crippen LogP contribution in [0.2, 0.25) is 0 Å². The number of benzene rings is 1. The van der Waals surface area contributed by atoms with Crippen molar-refractivity contribution in [1.82, 2.24) is 14.5 Å². The lowest BCUT2D eigenvalue weighted by Crippen LogP contribution is -2.36. The number of hydrogen-bond donors (Lipinski definition) is 0. The van der Waals surface area contributed by atoms with Crippen LogP contribution in [0.25, 0.3) is 10.2 Å². The molecule has 0 radical (unpaired) electrons. The number of aromatic nitrogens is 2. The van der Waals surface area contributed by atoms with Gasteiger partial charge < -0.3 is 4.90 Å². The van der Waals surface area contributed by atoms with Gasteiger partial charge in [0.1, 0.15) is 4.83 Å². The van der Waals surface area contributed by atoms with Gasteiger partial charge in [-0.25, -0.2) is 4.98 Å². The zero-order valence-corrected chi connectivity index (χ0v) is 16.6. The summed E-state index contributed by atoms with van der Waals surface area (Å²) in [5.41, 5.74) is 3.78. The summed E-state index contributed by atoms with van der Waals surface area (Å²) < 4.78 is 1.77. The van der Waals surface area contributed by atoms with Crippen LogP contribution >= 0.6 is 11.3 Å². The Morgan fingerprint density at radius 2 is 1.96 bits per heavy atom. The van der Waals surface area contributed by atoms with Gasteiger partial charge in [0.2, 0.25) is 0 Å². The van der Waals surface area contributed by atoms with Crippen molar-refractivity contribution in [2.45, 2.75) is 51.6 Å². The molecule has 3 aromatic rings. The van der Waals surface area contributed by atoms with Crippen LogP contribution in [0, 0.1) is 6.92 Å². The molecule has 1 atom stereocenters. The van der Waals surface area contributed by atoms with E-state index in [0.717, 1.165) is 28.6 Å². The van der Waals surface area contributed by atoms with Crippen LogP contribution in [-0.2, 0) is 19.4 Å². The zero-order valence-electron chi connectivity index (χ0n) is 15.8. The number of nitrogens with zero attached hydrogens (tertiary/aromatic N) is 3. The Balaban J connectivity index is 1.48. The Morgan fingerprint density at radius 1 is 1.19 bits per heavy atom. The van der Waals surface area contributed by atoms with Gasteiger partial charge in [0.05, 0.1) is 18.3 Å². The smallest absolute Gasteiger partial charge is 0.262 e. The van der Waals surface area contributed by atoms with E-state index in [1.807, 2.05) is 0 Å². The number of rotatable bonds is 3. The summed E-state index contributed by atoms with van der Waals surface area (Å²) in [4.78, 5) is 22.8. The zero-order chi connectivity index (χ0) is 18.4. The van der Waals surface area contributed by atoms with E-state index in [4.69, 9.17) is 0 Å². The molecule has 5 heteroatoms. The second-order valence-corrected chi connectivity index (χ2v) is 9.07. The van der Waals surface area contributed by atoms with Gasteiger partial charge >= 0.3 is 0 Å². The summed E-state index contributed by atoms with van der Waals surface area (Å²) in [6.07, 6.45) is 7.67. The van der Waals surface area contributed by atoms with E-state index in [-0.39, 0.29) is 5.56 Å². The molecule has 4 nitrogen and oxygen atoms in total. The van der Waals surface area contributed by atoms with Crippen LogP contribution < -0.4 is 5.56 Å². The fourth-order valence-corrected chi connectivity index (χ4v) is 5.85. The summed E-state index contributed by atoms with van der Waals surface area (Å²) in [5.74, 6) is 0. The normalized spacial score (nSPS) is 20.3. The first-order valence-corrected chi connectivity index (χ1v) is 10.8. The molecule has 140 valence electrons. The van der Waals surface area contributed by atoms with Crippen molar-refractivity contribution in [2.24, 2.45) is 0 Å². The number of hydrogen-bond acceptors (Lipinski definition) is 4. The average molecular weight is 380 g/mol. The van der Waals surface area contributed by atoms with Crippen molar-refractivity contribution < 1.29 is 0 Å². The first kappa shape index (κ1) is 17.1. The van der Waals surface area contributed by atoms with E-state index < -0.39 is 0 Å². The largest absolute Gasteiger partial charge is 0.300 e. The van der Waals surface area contributed by atoms with Gasteiger partial charge in [-0.1, -0.05) is 29.8 Å². The van der Waals surface area contributed by atoms with Gasteiger partial charge in [-0.05, 0) is 63.2 Å². The van der Waals surface area contributed by atoms with Crippen molar-refractivity contribution in [3.63, 3.8) is 0 Å². The Labute approximate surface area is 163 Å². The van der Waals surface area contributed by atoms with E-state index in [9.17, 15) is 4.79 Å². The van der Waals surface area contributed by atoms with Crippen molar-refractivity contribution in [3.05, 3.63) is 62.5 Å². The third-order valence-electron chi connectivity index (χ3n) is 6.14. The van der Waals surface area contributed by atoms with Gasteiger partial charge in [-0.15, -0.1) is 11.3 Å². The van der Waals surface area contributed by atoms with E-state index in [2.05, 4.69) is 41.1 Å². The summed E-state index contributed by atoms with van der Waals surface area (Å²) in [7, 11) is 0. The number of thiophene rings is 1. The maximum Gasteiger partial charge on any atom is 0.262 e. The second kappa shape index (κ2) is 6.88. The van der Waals surface area contributed by atoms with Gasteiger partial charge in [0.15, 0.2) is 0 Å². The quantitative estimate of drug-likeness (QED) is 0.695. The lowest BCUT2D eigenvalue weighted by molar-refractivity contribution is 0.224. The molecule has 27 heavy (non-hydrogen) atoms. The van der Waals surface area contributed by atoms with E-state index in [1.165, 1.54) is 48.4 Å². The molecule has 2 aromatic heterocycles. The van der Waals surface area contributed by atoms with E-state index in [0.29, 0.717) is 12.6 Å².